The van der Waals surface area contributed by atoms with Crippen molar-refractivity contribution in [1.29, 1.82) is 0 Å². The van der Waals surface area contributed by atoms with Gasteiger partial charge in [0, 0.05) is 10.3 Å². The third kappa shape index (κ3) is 4.80. The van der Waals surface area contributed by atoms with Crippen molar-refractivity contribution in [1.82, 2.24) is 10.3 Å². The van der Waals surface area contributed by atoms with E-state index in [4.69, 9.17) is 5.73 Å². The zero-order valence-corrected chi connectivity index (χ0v) is 14.7. The summed E-state index contributed by atoms with van der Waals surface area (Å²) < 4.78 is 0. The Balaban J connectivity index is 2.05. The van der Waals surface area contributed by atoms with Crippen LogP contribution in [0.2, 0.25) is 0 Å². The number of aryl methyl sites for hydroxylation is 1. The fraction of sp³-hybridized carbons (Fsp3) is 0.312. The first-order valence-electron chi connectivity index (χ1n) is 7.27. The molecule has 0 radical (unpaired) electrons. The molecule has 0 aliphatic rings. The van der Waals surface area contributed by atoms with Crippen molar-refractivity contribution in [3.8, 4) is 0 Å². The molecule has 0 spiro atoms. The highest BCUT2D eigenvalue weighted by atomic mass is 32.2. The molecular weight excluding hydrogens is 330 g/mol. The molecule has 2 amide bonds. The fourth-order valence-electron chi connectivity index (χ4n) is 1.86. The van der Waals surface area contributed by atoms with E-state index in [1.807, 2.05) is 17.5 Å². The number of nitrogens with two attached hydrogens (primary N) is 1. The van der Waals surface area contributed by atoms with Crippen molar-refractivity contribution in [2.24, 2.45) is 5.73 Å². The van der Waals surface area contributed by atoms with Crippen LogP contribution in [0.5, 0.6) is 0 Å². The number of aromatic nitrogens is 1. The van der Waals surface area contributed by atoms with Crippen molar-refractivity contribution in [2.45, 2.75) is 37.0 Å². The second kappa shape index (κ2) is 8.12. The lowest BCUT2D eigenvalue weighted by atomic mass is 10.2. The van der Waals surface area contributed by atoms with Crippen LogP contribution in [0.4, 0.5) is 0 Å². The number of nitrogens with one attached hydrogen (secondary N) is 1. The first-order chi connectivity index (χ1) is 11.0. The Morgan fingerprint density at radius 1 is 1.39 bits per heavy atom. The Labute approximate surface area is 143 Å². The standard InChI is InChI=1S/C16H19N3O2S2/c1-3-14-19-11(9-22-14)8-18-16(21)12-6-4-5-7-13(12)23-10(2)15(17)20/h4-7,9-10H,3,8H2,1-2H3,(H2,17,20)(H,18,21)/t10-/m1/s1. The van der Waals surface area contributed by atoms with Crippen LogP contribution in [-0.2, 0) is 17.8 Å². The molecule has 3 N–H and O–H groups in total. The number of hydrogen-bond donors (Lipinski definition) is 2. The van der Waals surface area contributed by atoms with Crippen LogP contribution in [0.1, 0.15) is 34.9 Å². The minimum absolute atomic E-state index is 0.184. The van der Waals surface area contributed by atoms with Gasteiger partial charge in [-0.2, -0.15) is 0 Å². The summed E-state index contributed by atoms with van der Waals surface area (Å²) in [6.07, 6.45) is 0.892. The largest absolute Gasteiger partial charge is 0.369 e. The minimum atomic E-state index is -0.403. The smallest absolute Gasteiger partial charge is 0.252 e. The predicted octanol–water partition coefficient (Wildman–Crippen LogP) is 2.60. The average Bonchev–Trinajstić information content (AvgIpc) is 3.01. The minimum Gasteiger partial charge on any atom is -0.369 e. The van der Waals surface area contributed by atoms with Gasteiger partial charge >= 0.3 is 0 Å². The molecule has 0 bridgehead atoms. The monoisotopic (exact) mass is 349 g/mol. The summed E-state index contributed by atoms with van der Waals surface area (Å²) in [5, 5.41) is 5.49. The van der Waals surface area contributed by atoms with Crippen molar-refractivity contribution in [2.75, 3.05) is 0 Å². The van der Waals surface area contributed by atoms with Crippen LogP contribution in [-0.4, -0.2) is 22.0 Å². The Morgan fingerprint density at radius 2 is 2.13 bits per heavy atom. The van der Waals surface area contributed by atoms with E-state index in [0.717, 1.165) is 22.0 Å². The molecule has 5 nitrogen and oxygen atoms in total. The van der Waals surface area contributed by atoms with E-state index >= 15 is 0 Å². The van der Waals surface area contributed by atoms with Gasteiger partial charge in [-0.05, 0) is 25.5 Å². The van der Waals surface area contributed by atoms with Crippen molar-refractivity contribution < 1.29 is 9.59 Å². The number of amides is 2. The number of benzene rings is 1. The lowest BCUT2D eigenvalue weighted by Crippen LogP contribution is -2.25. The van der Waals surface area contributed by atoms with Crippen LogP contribution in [0.3, 0.4) is 0 Å². The van der Waals surface area contributed by atoms with Gasteiger partial charge in [0.2, 0.25) is 5.91 Å². The normalized spacial score (nSPS) is 11.9. The topological polar surface area (TPSA) is 85.1 Å². The van der Waals surface area contributed by atoms with E-state index in [1.165, 1.54) is 11.8 Å². The first kappa shape index (κ1) is 17.5. The van der Waals surface area contributed by atoms with Crippen LogP contribution in [0.25, 0.3) is 0 Å². The molecule has 7 heteroatoms. The summed E-state index contributed by atoms with van der Waals surface area (Å²) in [4.78, 5) is 28.8. The van der Waals surface area contributed by atoms with Crippen molar-refractivity contribution in [3.63, 3.8) is 0 Å². The molecular formula is C16H19N3O2S2. The van der Waals surface area contributed by atoms with Gasteiger partial charge in [0.1, 0.15) is 0 Å². The van der Waals surface area contributed by atoms with Crippen LogP contribution < -0.4 is 11.1 Å². The van der Waals surface area contributed by atoms with E-state index in [2.05, 4.69) is 17.2 Å². The summed E-state index contributed by atoms with van der Waals surface area (Å²) in [6.45, 7) is 4.16. The molecule has 0 fully saturated rings. The first-order valence-corrected chi connectivity index (χ1v) is 9.03. The highest BCUT2D eigenvalue weighted by molar-refractivity contribution is 8.00. The highest BCUT2D eigenvalue weighted by Crippen LogP contribution is 2.26. The highest BCUT2D eigenvalue weighted by Gasteiger charge is 2.16. The molecule has 1 aromatic heterocycles. The number of hydrogen-bond acceptors (Lipinski definition) is 5. The molecule has 2 aromatic rings. The summed E-state index contributed by atoms with van der Waals surface area (Å²) in [5.74, 6) is -0.587. The third-order valence-corrected chi connectivity index (χ3v) is 5.41. The fourth-order valence-corrected chi connectivity index (χ4v) is 3.55. The molecule has 2 rings (SSSR count). The zero-order valence-electron chi connectivity index (χ0n) is 13.0. The molecule has 0 saturated carbocycles. The summed E-state index contributed by atoms with van der Waals surface area (Å²) in [5.41, 5.74) is 6.69. The molecule has 1 aromatic carbocycles. The van der Waals surface area contributed by atoms with Gasteiger partial charge in [0.15, 0.2) is 0 Å². The number of carbonyl (C=O) groups is 2. The molecule has 0 unspecified atom stereocenters. The van der Waals surface area contributed by atoms with Crippen molar-refractivity contribution >= 4 is 34.9 Å². The number of carbonyl (C=O) groups excluding carboxylic acids is 2. The zero-order chi connectivity index (χ0) is 16.8. The average molecular weight is 349 g/mol. The summed E-state index contributed by atoms with van der Waals surface area (Å²) in [7, 11) is 0. The lowest BCUT2D eigenvalue weighted by molar-refractivity contribution is -0.117. The van der Waals surface area contributed by atoms with Gasteiger partial charge in [-0.25, -0.2) is 4.98 Å². The van der Waals surface area contributed by atoms with Crippen LogP contribution in [0, 0.1) is 0 Å². The summed E-state index contributed by atoms with van der Waals surface area (Å²) >= 11 is 2.88. The summed E-state index contributed by atoms with van der Waals surface area (Å²) in [6, 6.07) is 7.19. The SMILES string of the molecule is CCc1nc(CNC(=O)c2ccccc2S[C@H](C)C(N)=O)cs1. The Morgan fingerprint density at radius 3 is 2.78 bits per heavy atom. The van der Waals surface area contributed by atoms with E-state index < -0.39 is 11.2 Å². The van der Waals surface area contributed by atoms with Crippen LogP contribution in [0.15, 0.2) is 34.5 Å². The van der Waals surface area contributed by atoms with E-state index in [0.29, 0.717) is 12.1 Å². The second-order valence-corrected chi connectivity index (χ2v) is 7.25. The maximum atomic E-state index is 12.4. The number of rotatable bonds is 7. The maximum Gasteiger partial charge on any atom is 0.252 e. The molecule has 122 valence electrons. The Hall–Kier alpha value is -1.86. The van der Waals surface area contributed by atoms with Gasteiger partial charge in [0.25, 0.3) is 5.91 Å². The van der Waals surface area contributed by atoms with E-state index in [1.54, 1.807) is 30.4 Å². The van der Waals surface area contributed by atoms with Gasteiger partial charge in [-0.1, -0.05) is 19.1 Å². The lowest BCUT2D eigenvalue weighted by Gasteiger charge is -2.11. The molecule has 1 atom stereocenters. The number of nitrogens with zero attached hydrogens (tertiary/aromatic N) is 1. The molecule has 0 saturated heterocycles. The second-order valence-electron chi connectivity index (χ2n) is 4.93. The van der Waals surface area contributed by atoms with Gasteiger partial charge < -0.3 is 11.1 Å². The van der Waals surface area contributed by atoms with Crippen molar-refractivity contribution in [3.05, 3.63) is 45.9 Å². The number of primary amides is 1. The molecule has 0 aliphatic carbocycles. The Kier molecular flexibility index (Phi) is 6.18. The number of thioether (sulfide) groups is 1. The van der Waals surface area contributed by atoms with E-state index in [-0.39, 0.29) is 5.91 Å². The predicted molar refractivity (Wildman–Crippen MR) is 93.6 cm³/mol. The third-order valence-electron chi connectivity index (χ3n) is 3.17. The number of thiazole rings is 1. The van der Waals surface area contributed by atoms with Crippen LogP contribution >= 0.6 is 23.1 Å². The van der Waals surface area contributed by atoms with Gasteiger partial charge in [-0.15, -0.1) is 23.1 Å². The van der Waals surface area contributed by atoms with E-state index in [9.17, 15) is 9.59 Å². The molecule has 23 heavy (non-hydrogen) atoms. The quantitative estimate of drug-likeness (QED) is 0.753. The molecule has 1 heterocycles. The maximum absolute atomic E-state index is 12.4. The molecule has 0 aliphatic heterocycles. The Bertz CT molecular complexity index is 700. The van der Waals surface area contributed by atoms with Gasteiger partial charge in [-0.3, -0.25) is 9.59 Å². The van der Waals surface area contributed by atoms with Gasteiger partial charge in [0.05, 0.1) is 28.1 Å².